The van der Waals surface area contributed by atoms with Crippen molar-refractivity contribution in [2.24, 2.45) is 0 Å². The molecule has 0 fully saturated rings. The van der Waals surface area contributed by atoms with Crippen LogP contribution in [-0.4, -0.2) is 18.2 Å². The van der Waals surface area contributed by atoms with Crippen LogP contribution in [0.3, 0.4) is 0 Å². The number of halogens is 1. The zero-order valence-electron chi connectivity index (χ0n) is 7.62. The molecule has 0 bridgehead atoms. The second-order valence-electron chi connectivity index (χ2n) is 3.11. The number of anilines is 1. The zero-order chi connectivity index (χ0) is 10.4. The average molecular weight is 287 g/mol. The normalized spacial score (nSPS) is 14.5. The molecule has 0 amide bonds. The maximum absolute atomic E-state index is 5.68. The van der Waals surface area contributed by atoms with Gasteiger partial charge in [0, 0.05) is 10.5 Å². The Morgan fingerprint density at radius 2 is 2.20 bits per heavy atom. The lowest BCUT2D eigenvalue weighted by molar-refractivity contribution is 0.174. The van der Waals surface area contributed by atoms with E-state index in [1.54, 1.807) is 0 Å². The number of hydrogen-bond acceptors (Lipinski definition) is 5. The van der Waals surface area contributed by atoms with E-state index in [1.807, 2.05) is 6.07 Å². The summed E-state index contributed by atoms with van der Waals surface area (Å²) in [6, 6.07) is 1.87. The van der Waals surface area contributed by atoms with E-state index >= 15 is 0 Å². The van der Waals surface area contributed by atoms with Crippen molar-refractivity contribution in [1.29, 1.82) is 0 Å². The van der Waals surface area contributed by atoms with Crippen LogP contribution in [0.5, 0.6) is 11.5 Å². The number of ether oxygens (including phenoxy) is 2. The summed E-state index contributed by atoms with van der Waals surface area (Å²) < 4.78 is 12.9. The summed E-state index contributed by atoms with van der Waals surface area (Å²) in [5.74, 6) is 1.51. The summed E-state index contributed by atoms with van der Waals surface area (Å²) in [5, 5.41) is 0.535. The molecular formula is C9H7BrN2O2S. The molecule has 6 heteroatoms. The maximum Gasteiger partial charge on any atom is 0.181 e. The van der Waals surface area contributed by atoms with E-state index < -0.39 is 0 Å². The van der Waals surface area contributed by atoms with Crippen molar-refractivity contribution in [1.82, 2.24) is 4.98 Å². The molecule has 2 N–H and O–H groups in total. The van der Waals surface area contributed by atoms with Crippen molar-refractivity contribution in [3.05, 3.63) is 10.5 Å². The predicted octanol–water partition coefficient (Wildman–Crippen LogP) is 2.41. The van der Waals surface area contributed by atoms with E-state index in [9.17, 15) is 0 Å². The first kappa shape index (κ1) is 9.23. The van der Waals surface area contributed by atoms with Gasteiger partial charge in [0.05, 0.1) is 0 Å². The Kier molecular flexibility index (Phi) is 2.00. The van der Waals surface area contributed by atoms with Crippen molar-refractivity contribution in [3.63, 3.8) is 0 Å². The lowest BCUT2D eigenvalue weighted by Crippen LogP contribution is -2.15. The Balaban J connectivity index is 2.38. The molecule has 1 aliphatic rings. The van der Waals surface area contributed by atoms with Gasteiger partial charge in [-0.25, -0.2) is 4.98 Å². The fourth-order valence-electron chi connectivity index (χ4n) is 1.55. The van der Waals surface area contributed by atoms with E-state index in [0.717, 1.165) is 26.2 Å². The molecule has 0 atom stereocenters. The summed E-state index contributed by atoms with van der Waals surface area (Å²) >= 11 is 4.85. The lowest BCUT2D eigenvalue weighted by atomic mass is 10.3. The number of benzene rings is 1. The van der Waals surface area contributed by atoms with Gasteiger partial charge >= 0.3 is 0 Å². The molecule has 1 aromatic carbocycles. The van der Waals surface area contributed by atoms with Gasteiger partial charge in [0.25, 0.3) is 0 Å². The van der Waals surface area contributed by atoms with Crippen LogP contribution in [0.4, 0.5) is 5.13 Å². The summed E-state index contributed by atoms with van der Waals surface area (Å²) in [6.07, 6.45) is 0. The van der Waals surface area contributed by atoms with Crippen molar-refractivity contribution < 1.29 is 9.47 Å². The summed E-state index contributed by atoms with van der Waals surface area (Å²) in [7, 11) is 0. The molecule has 1 aliphatic heterocycles. The number of fused-ring (bicyclic) bond motifs is 3. The lowest BCUT2D eigenvalue weighted by Gasteiger charge is -2.18. The van der Waals surface area contributed by atoms with Gasteiger partial charge in [-0.1, -0.05) is 11.3 Å². The molecule has 0 saturated heterocycles. The van der Waals surface area contributed by atoms with E-state index in [-0.39, 0.29) is 0 Å². The quantitative estimate of drug-likeness (QED) is 0.808. The van der Waals surface area contributed by atoms with Gasteiger partial charge in [-0.05, 0) is 15.9 Å². The number of nitrogens with zero attached hydrogens (tertiary/aromatic N) is 1. The molecule has 0 radical (unpaired) electrons. The molecule has 0 spiro atoms. The largest absolute Gasteiger partial charge is 0.486 e. The monoisotopic (exact) mass is 286 g/mol. The highest BCUT2D eigenvalue weighted by Gasteiger charge is 2.20. The third kappa shape index (κ3) is 1.36. The molecule has 78 valence electrons. The van der Waals surface area contributed by atoms with Crippen molar-refractivity contribution in [2.75, 3.05) is 18.9 Å². The topological polar surface area (TPSA) is 57.4 Å². The molecule has 15 heavy (non-hydrogen) atoms. The van der Waals surface area contributed by atoms with Gasteiger partial charge < -0.3 is 15.2 Å². The fraction of sp³-hybridized carbons (Fsp3) is 0.222. The predicted molar refractivity (Wildman–Crippen MR) is 62.7 cm³/mol. The first-order valence-electron chi connectivity index (χ1n) is 4.40. The third-order valence-corrected chi connectivity index (χ3v) is 3.63. The van der Waals surface area contributed by atoms with Crippen molar-refractivity contribution >= 4 is 42.6 Å². The molecule has 3 rings (SSSR count). The standard InChI is InChI=1S/C9H7BrN2O2S/c10-4-3-5-7(14-2-1-13-5)8-6(4)12-9(11)15-8/h3H,1-2H2,(H2,11,12). The minimum absolute atomic E-state index is 0.535. The van der Waals surface area contributed by atoms with Gasteiger partial charge in [0.1, 0.15) is 23.4 Å². The van der Waals surface area contributed by atoms with E-state index in [0.29, 0.717) is 18.3 Å². The van der Waals surface area contributed by atoms with Crippen molar-refractivity contribution in [2.45, 2.75) is 0 Å². The van der Waals surface area contributed by atoms with Gasteiger partial charge in [0.2, 0.25) is 0 Å². The number of aromatic nitrogens is 1. The van der Waals surface area contributed by atoms with Gasteiger partial charge in [-0.15, -0.1) is 0 Å². The Labute approximate surface area is 98.1 Å². The van der Waals surface area contributed by atoms with Crippen LogP contribution in [0.15, 0.2) is 10.5 Å². The Morgan fingerprint density at radius 1 is 1.40 bits per heavy atom. The summed E-state index contributed by atoms with van der Waals surface area (Å²) in [5.41, 5.74) is 6.52. The first-order valence-corrected chi connectivity index (χ1v) is 6.01. The van der Waals surface area contributed by atoms with Gasteiger partial charge in [-0.3, -0.25) is 0 Å². The molecule has 0 aliphatic carbocycles. The molecule has 4 nitrogen and oxygen atoms in total. The zero-order valence-corrected chi connectivity index (χ0v) is 10.0. The molecule has 0 unspecified atom stereocenters. The molecule has 2 heterocycles. The third-order valence-electron chi connectivity index (χ3n) is 2.15. The van der Waals surface area contributed by atoms with Gasteiger partial charge in [-0.2, -0.15) is 0 Å². The van der Waals surface area contributed by atoms with E-state index in [2.05, 4.69) is 20.9 Å². The molecule has 1 aromatic heterocycles. The Bertz CT molecular complexity index is 540. The van der Waals surface area contributed by atoms with Crippen LogP contribution in [0, 0.1) is 0 Å². The second-order valence-corrected chi connectivity index (χ2v) is 5.00. The van der Waals surface area contributed by atoms with Crippen LogP contribution in [0.2, 0.25) is 0 Å². The number of hydrogen-bond donors (Lipinski definition) is 1. The van der Waals surface area contributed by atoms with Gasteiger partial charge in [0.15, 0.2) is 16.6 Å². The first-order chi connectivity index (χ1) is 7.25. The number of thiazole rings is 1. The average Bonchev–Trinajstić information content (AvgIpc) is 2.61. The minimum Gasteiger partial charge on any atom is -0.486 e. The van der Waals surface area contributed by atoms with Crippen molar-refractivity contribution in [3.8, 4) is 11.5 Å². The van der Waals surface area contributed by atoms with Crippen LogP contribution in [0.1, 0.15) is 0 Å². The van der Waals surface area contributed by atoms with E-state index in [4.69, 9.17) is 15.2 Å². The fourth-order valence-corrected chi connectivity index (χ4v) is 3.03. The smallest absolute Gasteiger partial charge is 0.181 e. The van der Waals surface area contributed by atoms with Crippen LogP contribution < -0.4 is 15.2 Å². The number of nitrogen functional groups attached to an aromatic ring is 1. The number of nitrogens with two attached hydrogens (primary N) is 1. The van der Waals surface area contributed by atoms with Crippen LogP contribution in [-0.2, 0) is 0 Å². The highest BCUT2D eigenvalue weighted by Crippen LogP contribution is 2.44. The Hall–Kier alpha value is -1.01. The minimum atomic E-state index is 0.535. The van der Waals surface area contributed by atoms with Crippen LogP contribution in [0.25, 0.3) is 10.2 Å². The molecule has 2 aromatic rings. The molecular weight excluding hydrogens is 280 g/mol. The highest BCUT2D eigenvalue weighted by atomic mass is 79.9. The maximum atomic E-state index is 5.68. The number of rotatable bonds is 0. The Morgan fingerprint density at radius 3 is 3.07 bits per heavy atom. The highest BCUT2D eigenvalue weighted by molar-refractivity contribution is 9.10. The summed E-state index contributed by atoms with van der Waals surface area (Å²) in [4.78, 5) is 4.23. The second kappa shape index (κ2) is 3.24. The van der Waals surface area contributed by atoms with Crippen LogP contribution >= 0.6 is 27.3 Å². The molecule has 0 saturated carbocycles. The van der Waals surface area contributed by atoms with E-state index in [1.165, 1.54) is 11.3 Å². The SMILES string of the molecule is Nc1nc2c(Br)cc3c(c2s1)OCCO3. The summed E-state index contributed by atoms with van der Waals surface area (Å²) in [6.45, 7) is 1.15.